The highest BCUT2D eigenvalue weighted by Crippen LogP contribution is 2.47. The van der Waals surface area contributed by atoms with Crippen LogP contribution < -0.4 is 0 Å². The number of thiophene rings is 1. The Morgan fingerprint density at radius 2 is 0.913 bits per heavy atom. The summed E-state index contributed by atoms with van der Waals surface area (Å²) < 4.78 is 4.81. The predicted molar refractivity (Wildman–Crippen MR) is 193 cm³/mol. The SMILES string of the molecule is c1ccc(-c2nc(-c3ccccc3)nc(-n3c4c(ccc5c6ccccc6sc54)c4c5ccccc5c5ccccc5c43)n2)cc1. The monoisotopic (exact) mass is 604 g/mol. The van der Waals surface area contributed by atoms with E-state index in [0.717, 1.165) is 22.2 Å². The Bertz CT molecular complexity index is 2740. The Kier molecular flexibility index (Phi) is 5.41. The zero-order valence-corrected chi connectivity index (χ0v) is 25.4. The summed E-state index contributed by atoms with van der Waals surface area (Å²) in [6.07, 6.45) is 0. The van der Waals surface area contributed by atoms with Crippen molar-refractivity contribution in [3.8, 4) is 28.7 Å². The molecule has 0 aliphatic rings. The first-order chi connectivity index (χ1) is 22.8. The molecule has 4 nitrogen and oxygen atoms in total. The number of fused-ring (bicyclic) bond motifs is 12. The normalized spacial score (nSPS) is 11.9. The molecule has 0 saturated heterocycles. The number of nitrogens with zero attached hydrogens (tertiary/aromatic N) is 4. The number of hydrogen-bond donors (Lipinski definition) is 0. The van der Waals surface area contributed by atoms with E-state index >= 15 is 0 Å². The Labute approximate surface area is 267 Å². The van der Waals surface area contributed by atoms with Crippen LogP contribution in [0.1, 0.15) is 0 Å². The van der Waals surface area contributed by atoms with Gasteiger partial charge in [0.05, 0.1) is 15.7 Å². The molecular weight excluding hydrogens is 581 g/mol. The number of aromatic nitrogens is 4. The van der Waals surface area contributed by atoms with Crippen LogP contribution in [-0.2, 0) is 0 Å². The molecule has 10 aromatic rings. The zero-order chi connectivity index (χ0) is 30.2. The molecule has 0 bridgehead atoms. The molecule has 0 amide bonds. The Hall–Kier alpha value is -5.91. The highest BCUT2D eigenvalue weighted by molar-refractivity contribution is 7.26. The van der Waals surface area contributed by atoms with Gasteiger partial charge in [0.2, 0.25) is 5.95 Å². The molecule has 0 aliphatic heterocycles. The van der Waals surface area contributed by atoms with Gasteiger partial charge in [-0.25, -0.2) is 4.98 Å². The van der Waals surface area contributed by atoms with E-state index < -0.39 is 0 Å². The first kappa shape index (κ1) is 25.4. The van der Waals surface area contributed by atoms with Crippen molar-refractivity contribution in [3.63, 3.8) is 0 Å². The second-order valence-corrected chi connectivity index (χ2v) is 12.7. The van der Waals surface area contributed by atoms with Crippen LogP contribution in [0.4, 0.5) is 0 Å². The van der Waals surface area contributed by atoms with Crippen molar-refractivity contribution in [1.29, 1.82) is 0 Å². The van der Waals surface area contributed by atoms with Crippen molar-refractivity contribution >= 4 is 74.9 Å². The van der Waals surface area contributed by atoms with Gasteiger partial charge < -0.3 is 0 Å². The lowest BCUT2D eigenvalue weighted by Gasteiger charge is -2.13. The summed E-state index contributed by atoms with van der Waals surface area (Å²) in [6.45, 7) is 0. The van der Waals surface area contributed by atoms with Gasteiger partial charge >= 0.3 is 0 Å². The topological polar surface area (TPSA) is 43.6 Å². The second kappa shape index (κ2) is 9.80. The molecule has 0 fully saturated rings. The van der Waals surface area contributed by atoms with Gasteiger partial charge in [0.25, 0.3) is 0 Å². The molecule has 0 N–H and O–H groups in total. The minimum Gasteiger partial charge on any atom is -0.276 e. The molecule has 10 rings (SSSR count). The van der Waals surface area contributed by atoms with Crippen LogP contribution in [0.3, 0.4) is 0 Å². The molecule has 0 radical (unpaired) electrons. The van der Waals surface area contributed by atoms with Gasteiger partial charge in [0, 0.05) is 42.8 Å². The van der Waals surface area contributed by atoms with E-state index in [1.165, 1.54) is 52.5 Å². The molecule has 46 heavy (non-hydrogen) atoms. The maximum atomic E-state index is 5.26. The summed E-state index contributed by atoms with van der Waals surface area (Å²) in [5.41, 5.74) is 4.13. The fourth-order valence-electron chi connectivity index (χ4n) is 7.04. The zero-order valence-electron chi connectivity index (χ0n) is 24.6. The maximum Gasteiger partial charge on any atom is 0.238 e. The van der Waals surface area contributed by atoms with Gasteiger partial charge in [-0.3, -0.25) is 4.57 Å². The van der Waals surface area contributed by atoms with Crippen molar-refractivity contribution in [3.05, 3.63) is 146 Å². The molecule has 0 saturated carbocycles. The standard InChI is InChI=1S/C41H24N4S/c1-3-13-25(14-4-1)39-42-40(26-15-5-2-6-16-26)44-41(43-39)45-36-31-21-10-8-18-28(31)27-17-7-9-20-30(27)35(36)33-24-23-32-29-19-11-12-22-34(29)46-38(32)37(33)45/h1-24H. The van der Waals surface area contributed by atoms with Crippen LogP contribution in [0.15, 0.2) is 146 Å². The lowest BCUT2D eigenvalue weighted by Crippen LogP contribution is -2.06. The number of hydrogen-bond acceptors (Lipinski definition) is 4. The average Bonchev–Trinajstić information content (AvgIpc) is 3.69. The minimum absolute atomic E-state index is 0.609. The molecule has 214 valence electrons. The van der Waals surface area contributed by atoms with E-state index in [1.54, 1.807) is 0 Å². The maximum absolute atomic E-state index is 5.26. The van der Waals surface area contributed by atoms with Crippen molar-refractivity contribution < 1.29 is 0 Å². The van der Waals surface area contributed by atoms with Gasteiger partial charge in [-0.1, -0.05) is 140 Å². The summed E-state index contributed by atoms with van der Waals surface area (Å²) >= 11 is 1.84. The third-order valence-electron chi connectivity index (χ3n) is 9.03. The summed E-state index contributed by atoms with van der Waals surface area (Å²) in [6, 6.07) is 51.2. The van der Waals surface area contributed by atoms with E-state index in [1.807, 2.05) is 47.7 Å². The van der Waals surface area contributed by atoms with E-state index in [0.29, 0.717) is 17.6 Å². The molecular formula is C41H24N4S. The summed E-state index contributed by atoms with van der Waals surface area (Å²) in [4.78, 5) is 15.6. The quantitative estimate of drug-likeness (QED) is 0.188. The minimum atomic E-state index is 0.609. The molecule has 3 heterocycles. The molecule has 0 atom stereocenters. The van der Waals surface area contributed by atoms with Crippen LogP contribution in [0.2, 0.25) is 0 Å². The Morgan fingerprint density at radius 1 is 0.391 bits per heavy atom. The summed E-state index contributed by atoms with van der Waals surface area (Å²) in [7, 11) is 0. The van der Waals surface area contributed by atoms with Crippen molar-refractivity contribution in [2.45, 2.75) is 0 Å². The van der Waals surface area contributed by atoms with Crippen LogP contribution in [0.5, 0.6) is 0 Å². The van der Waals surface area contributed by atoms with E-state index in [2.05, 4.69) is 114 Å². The Balaban J connectivity index is 1.46. The van der Waals surface area contributed by atoms with Crippen molar-refractivity contribution in [2.24, 2.45) is 0 Å². The van der Waals surface area contributed by atoms with E-state index in [-0.39, 0.29) is 0 Å². The largest absolute Gasteiger partial charge is 0.276 e. The first-order valence-electron chi connectivity index (χ1n) is 15.4. The summed E-state index contributed by atoms with van der Waals surface area (Å²) in [5.74, 6) is 1.90. The number of benzene rings is 7. The molecule has 0 spiro atoms. The first-order valence-corrected chi connectivity index (χ1v) is 16.2. The number of rotatable bonds is 3. The van der Waals surface area contributed by atoms with Gasteiger partial charge in [0.15, 0.2) is 11.6 Å². The van der Waals surface area contributed by atoms with Crippen LogP contribution >= 0.6 is 11.3 Å². The molecule has 5 heteroatoms. The lowest BCUT2D eigenvalue weighted by atomic mass is 9.96. The Morgan fingerprint density at radius 3 is 1.59 bits per heavy atom. The molecule has 7 aromatic carbocycles. The van der Waals surface area contributed by atoms with Gasteiger partial charge in [-0.2, -0.15) is 9.97 Å². The molecule has 0 unspecified atom stereocenters. The van der Waals surface area contributed by atoms with E-state index in [4.69, 9.17) is 15.0 Å². The van der Waals surface area contributed by atoms with Crippen molar-refractivity contribution in [2.75, 3.05) is 0 Å². The lowest BCUT2D eigenvalue weighted by molar-refractivity contribution is 0.957. The van der Waals surface area contributed by atoms with Crippen LogP contribution in [-0.4, -0.2) is 19.5 Å². The molecule has 3 aromatic heterocycles. The van der Waals surface area contributed by atoms with Gasteiger partial charge in [-0.15, -0.1) is 11.3 Å². The highest BCUT2D eigenvalue weighted by Gasteiger charge is 2.24. The predicted octanol–water partition coefficient (Wildman–Crippen LogP) is 11.0. The smallest absolute Gasteiger partial charge is 0.238 e. The van der Waals surface area contributed by atoms with Gasteiger partial charge in [-0.05, 0) is 22.2 Å². The van der Waals surface area contributed by atoms with E-state index in [9.17, 15) is 0 Å². The fraction of sp³-hybridized carbons (Fsp3) is 0. The third-order valence-corrected chi connectivity index (χ3v) is 10.2. The fourth-order valence-corrected chi connectivity index (χ4v) is 8.28. The second-order valence-electron chi connectivity index (χ2n) is 11.6. The third kappa shape index (κ3) is 3.63. The summed E-state index contributed by atoms with van der Waals surface area (Å²) in [5, 5.41) is 9.76. The van der Waals surface area contributed by atoms with Crippen LogP contribution in [0.25, 0.3) is 92.2 Å². The highest BCUT2D eigenvalue weighted by atomic mass is 32.1. The van der Waals surface area contributed by atoms with Crippen molar-refractivity contribution in [1.82, 2.24) is 19.5 Å². The molecule has 0 aliphatic carbocycles. The average molecular weight is 605 g/mol. The van der Waals surface area contributed by atoms with Crippen LogP contribution in [0, 0.1) is 0 Å². The van der Waals surface area contributed by atoms with Gasteiger partial charge in [0.1, 0.15) is 0 Å².